The van der Waals surface area contributed by atoms with E-state index in [1.807, 2.05) is 0 Å². The highest BCUT2D eigenvalue weighted by atomic mass is 32.2. The second kappa shape index (κ2) is 8.65. The summed E-state index contributed by atoms with van der Waals surface area (Å²) in [6.45, 7) is 5.04. The zero-order valence-corrected chi connectivity index (χ0v) is 18.7. The van der Waals surface area contributed by atoms with Crippen molar-refractivity contribution in [3.8, 4) is 5.69 Å². The number of sulfone groups is 1. The maximum atomic E-state index is 14.4. The van der Waals surface area contributed by atoms with Gasteiger partial charge in [-0.3, -0.25) is 0 Å². The summed E-state index contributed by atoms with van der Waals surface area (Å²) in [6.07, 6.45) is 0.579. The molecule has 0 atom stereocenters. The molecule has 2 aromatic heterocycles. The van der Waals surface area contributed by atoms with E-state index in [1.54, 1.807) is 20.8 Å². The van der Waals surface area contributed by atoms with Crippen LogP contribution < -0.4 is 0 Å². The molecule has 3 rings (SSSR count). The van der Waals surface area contributed by atoms with Crippen LogP contribution in [0.15, 0.2) is 58.6 Å². The molecule has 0 spiro atoms. The van der Waals surface area contributed by atoms with Gasteiger partial charge in [0.15, 0.2) is 5.03 Å². The SMILES string of the molecule is CN(Cc1cc(S(=O)(=O)c2ccc(F)cc2)n(-c2cccnc2F)n1)C(=O)OC(C)(C)C. The van der Waals surface area contributed by atoms with Gasteiger partial charge in [0.25, 0.3) is 0 Å². The van der Waals surface area contributed by atoms with Crippen LogP contribution in [0.2, 0.25) is 0 Å². The Bertz CT molecular complexity index is 1240. The Balaban J connectivity index is 2.06. The van der Waals surface area contributed by atoms with Crippen molar-refractivity contribution in [3.63, 3.8) is 0 Å². The molecule has 0 fully saturated rings. The van der Waals surface area contributed by atoms with Gasteiger partial charge in [-0.25, -0.2) is 27.3 Å². The third-order valence-electron chi connectivity index (χ3n) is 4.20. The number of nitrogens with zero attached hydrogens (tertiary/aromatic N) is 4. The molecule has 0 radical (unpaired) electrons. The lowest BCUT2D eigenvalue weighted by Crippen LogP contribution is -2.33. The Kier molecular flexibility index (Phi) is 6.31. The smallest absolute Gasteiger partial charge is 0.410 e. The lowest BCUT2D eigenvalue weighted by molar-refractivity contribution is 0.0283. The standard InChI is InChI=1S/C21H22F2N4O4S/c1-21(2,3)31-20(28)26(4)13-15-12-18(27(25-15)17-6-5-11-24-19(17)23)32(29,30)16-9-7-14(22)8-10-16/h5-12H,13H2,1-4H3. The molecule has 0 aliphatic rings. The lowest BCUT2D eigenvalue weighted by Gasteiger charge is -2.24. The number of aromatic nitrogens is 3. The van der Waals surface area contributed by atoms with Gasteiger partial charge in [0.05, 0.1) is 17.1 Å². The minimum atomic E-state index is -4.21. The summed E-state index contributed by atoms with van der Waals surface area (Å²) in [4.78, 5) is 16.8. The maximum absolute atomic E-state index is 14.4. The molecular formula is C21H22F2N4O4S. The normalized spacial score (nSPS) is 11.9. The molecule has 0 aliphatic heterocycles. The van der Waals surface area contributed by atoms with Gasteiger partial charge in [0, 0.05) is 19.3 Å². The van der Waals surface area contributed by atoms with Gasteiger partial charge in [-0.05, 0) is 57.2 Å². The zero-order valence-electron chi connectivity index (χ0n) is 17.9. The predicted octanol–water partition coefficient (Wildman–Crippen LogP) is 3.75. The lowest BCUT2D eigenvalue weighted by atomic mass is 10.2. The van der Waals surface area contributed by atoms with E-state index in [-0.39, 0.29) is 27.8 Å². The zero-order chi connectivity index (χ0) is 23.7. The van der Waals surface area contributed by atoms with Crippen LogP contribution in [0.25, 0.3) is 5.69 Å². The van der Waals surface area contributed by atoms with Gasteiger partial charge in [-0.15, -0.1) is 0 Å². The molecule has 11 heteroatoms. The highest BCUT2D eigenvalue weighted by molar-refractivity contribution is 7.91. The molecule has 1 amide bonds. The Hall–Kier alpha value is -3.34. The van der Waals surface area contributed by atoms with E-state index in [4.69, 9.17) is 4.74 Å². The van der Waals surface area contributed by atoms with Gasteiger partial charge in [-0.1, -0.05) is 0 Å². The number of ether oxygens (including phenoxy) is 1. The van der Waals surface area contributed by atoms with Crippen LogP contribution >= 0.6 is 0 Å². The average Bonchev–Trinajstić information content (AvgIpc) is 3.11. The number of rotatable bonds is 5. The second-order valence-corrected chi connectivity index (χ2v) is 9.89. The largest absolute Gasteiger partial charge is 0.444 e. The molecule has 0 unspecified atom stereocenters. The first-order valence-electron chi connectivity index (χ1n) is 9.53. The second-order valence-electron chi connectivity index (χ2n) is 7.99. The number of hydrogen-bond donors (Lipinski definition) is 0. The molecule has 170 valence electrons. The average molecular weight is 464 g/mol. The quantitative estimate of drug-likeness (QED) is 0.422. The van der Waals surface area contributed by atoms with Crippen molar-refractivity contribution < 1.29 is 26.7 Å². The van der Waals surface area contributed by atoms with Crippen LogP contribution in [-0.2, 0) is 21.1 Å². The first kappa shape index (κ1) is 23.3. The monoisotopic (exact) mass is 464 g/mol. The van der Waals surface area contributed by atoms with Crippen molar-refractivity contribution in [3.05, 3.63) is 66.1 Å². The fourth-order valence-corrected chi connectivity index (χ4v) is 4.16. The summed E-state index contributed by atoms with van der Waals surface area (Å²) in [5.41, 5.74) is -0.748. The van der Waals surface area contributed by atoms with Gasteiger partial charge in [-0.2, -0.15) is 9.49 Å². The summed E-state index contributed by atoms with van der Waals surface area (Å²) in [5.74, 6) is -1.53. The van der Waals surface area contributed by atoms with Gasteiger partial charge in [0.1, 0.15) is 17.1 Å². The number of amides is 1. The number of halogens is 2. The molecule has 32 heavy (non-hydrogen) atoms. The molecule has 8 nitrogen and oxygen atoms in total. The van der Waals surface area contributed by atoms with Crippen molar-refractivity contribution in [1.82, 2.24) is 19.7 Å². The summed E-state index contributed by atoms with van der Waals surface area (Å²) in [6, 6.07) is 8.21. The number of pyridine rings is 1. The van der Waals surface area contributed by atoms with E-state index >= 15 is 0 Å². The van der Waals surface area contributed by atoms with Crippen LogP contribution in [-0.4, -0.2) is 46.8 Å². The molecule has 3 aromatic rings. The number of carbonyl (C=O) groups excluding carboxylic acids is 1. The maximum Gasteiger partial charge on any atom is 0.410 e. The summed E-state index contributed by atoms with van der Waals surface area (Å²) >= 11 is 0. The molecule has 0 N–H and O–H groups in total. The van der Waals surface area contributed by atoms with Gasteiger partial charge < -0.3 is 9.64 Å². The molecule has 0 bridgehead atoms. The number of carbonyl (C=O) groups is 1. The summed E-state index contributed by atoms with van der Waals surface area (Å²) < 4.78 is 60.3. The molecule has 0 aliphatic carbocycles. The predicted molar refractivity (Wildman–Crippen MR) is 111 cm³/mol. The summed E-state index contributed by atoms with van der Waals surface area (Å²) in [5, 5.41) is 3.85. The van der Waals surface area contributed by atoms with Crippen LogP contribution in [0.1, 0.15) is 26.5 Å². The fourth-order valence-electron chi connectivity index (χ4n) is 2.77. The summed E-state index contributed by atoms with van der Waals surface area (Å²) in [7, 11) is -2.75. The highest BCUT2D eigenvalue weighted by Crippen LogP contribution is 2.26. The fraction of sp³-hybridized carbons (Fsp3) is 0.286. The van der Waals surface area contributed by atoms with E-state index in [1.165, 1.54) is 36.3 Å². The van der Waals surface area contributed by atoms with Crippen molar-refractivity contribution in [1.29, 1.82) is 0 Å². The first-order valence-corrected chi connectivity index (χ1v) is 11.0. The number of benzene rings is 1. The molecule has 0 saturated heterocycles. The highest BCUT2D eigenvalue weighted by Gasteiger charge is 2.28. The third kappa shape index (κ3) is 5.10. The Morgan fingerprint density at radius 3 is 2.41 bits per heavy atom. The molecule has 2 heterocycles. The van der Waals surface area contributed by atoms with Crippen molar-refractivity contribution in [2.45, 2.75) is 42.8 Å². The van der Waals surface area contributed by atoms with E-state index < -0.39 is 33.3 Å². The number of hydrogen-bond acceptors (Lipinski definition) is 6. The third-order valence-corrected chi connectivity index (χ3v) is 5.93. The van der Waals surface area contributed by atoms with E-state index in [0.717, 1.165) is 28.9 Å². The van der Waals surface area contributed by atoms with Gasteiger partial charge >= 0.3 is 6.09 Å². The minimum Gasteiger partial charge on any atom is -0.444 e. The topological polar surface area (TPSA) is 94.4 Å². The van der Waals surface area contributed by atoms with Crippen molar-refractivity contribution in [2.24, 2.45) is 0 Å². The van der Waals surface area contributed by atoms with Crippen molar-refractivity contribution >= 4 is 15.9 Å². The van der Waals surface area contributed by atoms with E-state index in [0.29, 0.717) is 0 Å². The van der Waals surface area contributed by atoms with Crippen LogP contribution in [0.3, 0.4) is 0 Å². The van der Waals surface area contributed by atoms with Crippen molar-refractivity contribution in [2.75, 3.05) is 7.05 Å². The Morgan fingerprint density at radius 1 is 1.16 bits per heavy atom. The molecule has 0 saturated carbocycles. The van der Waals surface area contributed by atoms with Crippen LogP contribution in [0.4, 0.5) is 13.6 Å². The molecular weight excluding hydrogens is 442 g/mol. The Labute approximate surface area is 184 Å². The van der Waals surface area contributed by atoms with Crippen LogP contribution in [0.5, 0.6) is 0 Å². The minimum absolute atomic E-state index is 0.101. The van der Waals surface area contributed by atoms with Gasteiger partial charge in [0.2, 0.25) is 15.8 Å². The Morgan fingerprint density at radius 2 is 1.81 bits per heavy atom. The first-order chi connectivity index (χ1) is 14.9. The van der Waals surface area contributed by atoms with E-state index in [9.17, 15) is 22.0 Å². The van der Waals surface area contributed by atoms with Crippen LogP contribution in [0, 0.1) is 11.8 Å². The van der Waals surface area contributed by atoms with E-state index in [2.05, 4.69) is 10.1 Å². The molecule has 1 aromatic carbocycles.